The molecule has 1 saturated heterocycles. The van der Waals surface area contributed by atoms with E-state index in [0.717, 1.165) is 55.6 Å². The van der Waals surface area contributed by atoms with Gasteiger partial charge in [-0.2, -0.15) is 0 Å². The molecule has 0 spiro atoms. The molecule has 0 saturated carbocycles. The van der Waals surface area contributed by atoms with Crippen molar-refractivity contribution in [1.29, 1.82) is 0 Å². The third kappa shape index (κ3) is 3.69. The molecule has 0 bridgehead atoms. The number of hydrogen-bond acceptors (Lipinski definition) is 3. The summed E-state index contributed by atoms with van der Waals surface area (Å²) in [5.74, 6) is 0.0599. The Hall–Kier alpha value is -1.26. The highest BCUT2D eigenvalue weighted by Crippen LogP contribution is 2.25. The van der Waals surface area contributed by atoms with E-state index in [9.17, 15) is 4.79 Å². The highest BCUT2D eigenvalue weighted by atomic mass is 35.5. The van der Waals surface area contributed by atoms with Crippen molar-refractivity contribution in [2.75, 3.05) is 18.5 Å². The molecule has 4 nitrogen and oxygen atoms in total. The van der Waals surface area contributed by atoms with Gasteiger partial charge in [0.25, 0.3) is 5.91 Å². The van der Waals surface area contributed by atoms with Gasteiger partial charge in [0.15, 0.2) is 0 Å². The summed E-state index contributed by atoms with van der Waals surface area (Å²) in [6.45, 7) is 3.79. The molecule has 21 heavy (non-hydrogen) atoms. The van der Waals surface area contributed by atoms with E-state index in [1.165, 1.54) is 0 Å². The molecule has 2 atom stereocenters. The van der Waals surface area contributed by atoms with Crippen molar-refractivity contribution in [3.05, 3.63) is 29.3 Å². The van der Waals surface area contributed by atoms with Crippen LogP contribution in [0, 0.1) is 0 Å². The Kier molecular flexibility index (Phi) is 5.48. The van der Waals surface area contributed by atoms with Crippen molar-refractivity contribution in [2.24, 2.45) is 0 Å². The molecule has 116 valence electrons. The van der Waals surface area contributed by atoms with Gasteiger partial charge in [-0.1, -0.05) is 6.07 Å². The van der Waals surface area contributed by atoms with Crippen LogP contribution in [0.2, 0.25) is 0 Å². The molecule has 3 rings (SSSR count). The second kappa shape index (κ2) is 7.14. The van der Waals surface area contributed by atoms with Gasteiger partial charge in [-0.05, 0) is 50.3 Å². The lowest BCUT2D eigenvalue weighted by atomic mass is 9.96. The summed E-state index contributed by atoms with van der Waals surface area (Å²) in [6, 6.07) is 6.18. The SMILES string of the molecule is CC1CC(NC(=O)c2cccc3c2CCCN3)CCO1.Cl. The third-order valence-electron chi connectivity index (χ3n) is 4.16. The molecule has 2 unspecified atom stereocenters. The second-order valence-electron chi connectivity index (χ2n) is 5.74. The largest absolute Gasteiger partial charge is 0.385 e. The molecule has 0 aliphatic carbocycles. The van der Waals surface area contributed by atoms with E-state index in [4.69, 9.17) is 4.74 Å². The van der Waals surface area contributed by atoms with Crippen LogP contribution in [0.3, 0.4) is 0 Å². The first-order valence-corrected chi connectivity index (χ1v) is 7.52. The molecule has 0 aromatic heterocycles. The molecule has 2 heterocycles. The average Bonchev–Trinajstić information content (AvgIpc) is 2.46. The molecule has 5 heteroatoms. The van der Waals surface area contributed by atoms with Crippen molar-refractivity contribution in [3.63, 3.8) is 0 Å². The average molecular weight is 311 g/mol. The number of hydrogen-bond donors (Lipinski definition) is 2. The molecule has 2 N–H and O–H groups in total. The fraction of sp³-hybridized carbons (Fsp3) is 0.562. The van der Waals surface area contributed by atoms with E-state index in [-0.39, 0.29) is 30.5 Å². The summed E-state index contributed by atoms with van der Waals surface area (Å²) >= 11 is 0. The van der Waals surface area contributed by atoms with E-state index in [1.54, 1.807) is 0 Å². The summed E-state index contributed by atoms with van der Waals surface area (Å²) in [6.07, 6.45) is 4.12. The Balaban J connectivity index is 0.00000161. The summed E-state index contributed by atoms with van der Waals surface area (Å²) in [7, 11) is 0. The number of benzene rings is 1. The maximum atomic E-state index is 12.5. The molecule has 2 aliphatic heterocycles. The molecule has 1 aromatic rings. The zero-order valence-corrected chi connectivity index (χ0v) is 13.2. The van der Waals surface area contributed by atoms with Crippen molar-refractivity contribution < 1.29 is 9.53 Å². The first-order valence-electron chi connectivity index (χ1n) is 7.52. The lowest BCUT2D eigenvalue weighted by Crippen LogP contribution is -2.41. The number of carbonyl (C=O) groups excluding carboxylic acids is 1. The molecular weight excluding hydrogens is 288 g/mol. The Bertz CT molecular complexity index is 507. The number of rotatable bonds is 2. The van der Waals surface area contributed by atoms with Gasteiger partial charge in [-0.15, -0.1) is 12.4 Å². The Labute approximate surface area is 132 Å². The fourth-order valence-corrected chi connectivity index (χ4v) is 3.12. The Morgan fingerprint density at radius 2 is 2.29 bits per heavy atom. The standard InChI is InChI=1S/C16H22N2O2.ClH/c1-11-10-12(7-9-20-11)18-16(19)14-4-2-6-15-13(14)5-3-8-17-15;/h2,4,6,11-12,17H,3,5,7-10H2,1H3,(H,18,19);1H. The predicted octanol–water partition coefficient (Wildman–Crippen LogP) is 2.76. The van der Waals surface area contributed by atoms with Crippen LogP contribution in [0.5, 0.6) is 0 Å². The van der Waals surface area contributed by atoms with Crippen LogP contribution in [0.4, 0.5) is 5.69 Å². The zero-order valence-electron chi connectivity index (χ0n) is 12.4. The number of nitrogens with one attached hydrogen (secondary N) is 2. The fourth-order valence-electron chi connectivity index (χ4n) is 3.12. The number of fused-ring (bicyclic) bond motifs is 1. The van der Waals surface area contributed by atoms with E-state index in [1.807, 2.05) is 12.1 Å². The first-order chi connectivity index (χ1) is 9.74. The minimum atomic E-state index is 0. The first kappa shape index (κ1) is 16.1. The molecule has 2 aliphatic rings. The van der Waals surface area contributed by atoms with Crippen LogP contribution in [0.1, 0.15) is 42.1 Å². The maximum Gasteiger partial charge on any atom is 0.251 e. The highest BCUT2D eigenvalue weighted by Gasteiger charge is 2.23. The van der Waals surface area contributed by atoms with Crippen LogP contribution >= 0.6 is 12.4 Å². The smallest absolute Gasteiger partial charge is 0.251 e. The van der Waals surface area contributed by atoms with Crippen molar-refractivity contribution >= 4 is 24.0 Å². The minimum absolute atomic E-state index is 0. The van der Waals surface area contributed by atoms with Crippen LogP contribution in [-0.4, -0.2) is 31.2 Å². The lowest BCUT2D eigenvalue weighted by Gasteiger charge is -2.28. The number of amides is 1. The normalized spacial score (nSPS) is 24.2. The van der Waals surface area contributed by atoms with Gasteiger partial charge in [0, 0.05) is 30.4 Å². The van der Waals surface area contributed by atoms with Crippen LogP contribution in [-0.2, 0) is 11.2 Å². The predicted molar refractivity (Wildman–Crippen MR) is 86.4 cm³/mol. The molecule has 1 fully saturated rings. The van der Waals surface area contributed by atoms with E-state index in [0.29, 0.717) is 0 Å². The number of carbonyl (C=O) groups is 1. The van der Waals surface area contributed by atoms with Crippen LogP contribution < -0.4 is 10.6 Å². The second-order valence-corrected chi connectivity index (χ2v) is 5.74. The van der Waals surface area contributed by atoms with Gasteiger partial charge < -0.3 is 15.4 Å². The maximum absolute atomic E-state index is 12.5. The minimum Gasteiger partial charge on any atom is -0.385 e. The Morgan fingerprint density at radius 1 is 1.43 bits per heavy atom. The monoisotopic (exact) mass is 310 g/mol. The van der Waals surface area contributed by atoms with E-state index < -0.39 is 0 Å². The van der Waals surface area contributed by atoms with Crippen molar-refractivity contribution in [1.82, 2.24) is 5.32 Å². The molecule has 0 radical (unpaired) electrons. The lowest BCUT2D eigenvalue weighted by molar-refractivity contribution is 0.0136. The van der Waals surface area contributed by atoms with Crippen LogP contribution in [0.15, 0.2) is 18.2 Å². The van der Waals surface area contributed by atoms with E-state index in [2.05, 4.69) is 23.6 Å². The third-order valence-corrected chi connectivity index (χ3v) is 4.16. The quantitative estimate of drug-likeness (QED) is 0.883. The van der Waals surface area contributed by atoms with Gasteiger partial charge >= 0.3 is 0 Å². The summed E-state index contributed by atoms with van der Waals surface area (Å²) in [5, 5.41) is 6.54. The van der Waals surface area contributed by atoms with Gasteiger partial charge in [-0.3, -0.25) is 4.79 Å². The number of ether oxygens (including phenoxy) is 1. The number of anilines is 1. The molecule has 1 amide bonds. The molecule has 1 aromatic carbocycles. The van der Waals surface area contributed by atoms with E-state index >= 15 is 0 Å². The Morgan fingerprint density at radius 3 is 3.10 bits per heavy atom. The van der Waals surface area contributed by atoms with Crippen LogP contribution in [0.25, 0.3) is 0 Å². The summed E-state index contributed by atoms with van der Waals surface area (Å²) in [4.78, 5) is 12.5. The van der Waals surface area contributed by atoms with Gasteiger partial charge in [0.1, 0.15) is 0 Å². The van der Waals surface area contributed by atoms with Gasteiger partial charge in [-0.25, -0.2) is 0 Å². The summed E-state index contributed by atoms with van der Waals surface area (Å²) in [5.41, 5.74) is 3.11. The topological polar surface area (TPSA) is 50.4 Å². The van der Waals surface area contributed by atoms with Gasteiger partial charge in [0.2, 0.25) is 0 Å². The molecular formula is C16H23ClN2O2. The van der Waals surface area contributed by atoms with Crippen molar-refractivity contribution in [2.45, 2.75) is 44.8 Å². The van der Waals surface area contributed by atoms with Gasteiger partial charge in [0.05, 0.1) is 6.10 Å². The van der Waals surface area contributed by atoms with Crippen molar-refractivity contribution in [3.8, 4) is 0 Å². The number of halogens is 1. The zero-order chi connectivity index (χ0) is 13.9. The summed E-state index contributed by atoms with van der Waals surface area (Å²) < 4.78 is 5.52. The highest BCUT2D eigenvalue weighted by molar-refractivity contribution is 5.97.